The third-order valence-corrected chi connectivity index (χ3v) is 3.15. The Hall–Kier alpha value is -1.06. The highest BCUT2D eigenvalue weighted by molar-refractivity contribution is 5.87. The van der Waals surface area contributed by atoms with E-state index in [0.29, 0.717) is 11.8 Å². The number of amides is 2. The van der Waals surface area contributed by atoms with Crippen molar-refractivity contribution < 1.29 is 9.59 Å². The minimum atomic E-state index is -0.0662. The van der Waals surface area contributed by atoms with Crippen LogP contribution in [0.15, 0.2) is 0 Å². The number of carbonyl (C=O) groups is 2. The summed E-state index contributed by atoms with van der Waals surface area (Å²) < 4.78 is 0. The maximum absolute atomic E-state index is 11.4. The predicted molar refractivity (Wildman–Crippen MR) is 56.0 cm³/mol. The normalized spacial score (nSPS) is 28.3. The van der Waals surface area contributed by atoms with Gasteiger partial charge in [-0.05, 0) is 31.1 Å². The molecule has 2 saturated carbocycles. The summed E-state index contributed by atoms with van der Waals surface area (Å²) in [5, 5.41) is 5.48. The molecule has 2 amide bonds. The number of carbonyl (C=O) groups excluding carboxylic acids is 2. The van der Waals surface area contributed by atoms with Crippen molar-refractivity contribution in [1.29, 1.82) is 0 Å². The first-order valence-electron chi connectivity index (χ1n) is 5.71. The fraction of sp³-hybridized carbons (Fsp3) is 0.818. The molecule has 0 radical (unpaired) electrons. The lowest BCUT2D eigenvalue weighted by Crippen LogP contribution is -2.38. The second-order valence-corrected chi connectivity index (χ2v) is 4.78. The van der Waals surface area contributed by atoms with Crippen LogP contribution in [0.5, 0.6) is 0 Å². The summed E-state index contributed by atoms with van der Waals surface area (Å²) in [7, 11) is 0. The van der Waals surface area contributed by atoms with E-state index in [4.69, 9.17) is 0 Å². The second kappa shape index (κ2) is 4.21. The second-order valence-electron chi connectivity index (χ2n) is 4.78. The van der Waals surface area contributed by atoms with E-state index >= 15 is 0 Å². The highest BCUT2D eigenvalue weighted by Gasteiger charge is 2.38. The van der Waals surface area contributed by atoms with Crippen LogP contribution in [0.1, 0.15) is 26.2 Å². The number of hydrogen-bond acceptors (Lipinski definition) is 2. The van der Waals surface area contributed by atoms with Crippen LogP contribution in [-0.2, 0) is 9.59 Å². The van der Waals surface area contributed by atoms with Crippen LogP contribution in [0.2, 0.25) is 0 Å². The summed E-state index contributed by atoms with van der Waals surface area (Å²) in [5.74, 6) is 1.31. The van der Waals surface area contributed by atoms with Crippen LogP contribution in [0, 0.1) is 17.8 Å². The Balaban J connectivity index is 1.55. The van der Waals surface area contributed by atoms with Gasteiger partial charge in [-0.1, -0.05) is 6.92 Å². The molecule has 15 heavy (non-hydrogen) atoms. The van der Waals surface area contributed by atoms with Gasteiger partial charge in [-0.25, -0.2) is 0 Å². The lowest BCUT2D eigenvalue weighted by atomic mass is 10.3. The quantitative estimate of drug-likeness (QED) is 0.685. The van der Waals surface area contributed by atoms with E-state index in [-0.39, 0.29) is 24.3 Å². The molecule has 0 bridgehead atoms. The molecule has 2 fully saturated rings. The minimum Gasteiger partial charge on any atom is -0.354 e. The molecule has 0 spiro atoms. The van der Waals surface area contributed by atoms with E-state index in [9.17, 15) is 9.59 Å². The largest absolute Gasteiger partial charge is 0.354 e. The molecule has 2 aliphatic rings. The highest BCUT2D eigenvalue weighted by Crippen LogP contribution is 2.37. The third kappa shape index (κ3) is 3.22. The molecular weight excluding hydrogens is 192 g/mol. The molecule has 2 N–H and O–H groups in total. The predicted octanol–water partition coefficient (Wildman–Crippen LogP) is 0.285. The molecular formula is C11H18N2O2. The fourth-order valence-corrected chi connectivity index (χ4v) is 1.63. The number of nitrogens with one attached hydrogen (secondary N) is 2. The van der Waals surface area contributed by atoms with E-state index in [2.05, 4.69) is 17.6 Å². The molecule has 0 aromatic heterocycles. The topological polar surface area (TPSA) is 58.2 Å². The first-order chi connectivity index (χ1) is 7.16. The number of rotatable bonds is 5. The smallest absolute Gasteiger partial charge is 0.239 e. The van der Waals surface area contributed by atoms with E-state index in [1.807, 2.05) is 0 Å². The summed E-state index contributed by atoms with van der Waals surface area (Å²) in [4.78, 5) is 22.7. The van der Waals surface area contributed by atoms with Crippen molar-refractivity contribution in [3.63, 3.8) is 0 Å². The maximum Gasteiger partial charge on any atom is 0.239 e. The molecule has 0 aromatic rings. The van der Waals surface area contributed by atoms with Crippen LogP contribution in [0.25, 0.3) is 0 Å². The van der Waals surface area contributed by atoms with Gasteiger partial charge in [0.2, 0.25) is 11.8 Å². The maximum atomic E-state index is 11.4. The SMILES string of the molecule is C[C@H]1C[C@H]1C(=O)NCC(=O)NCC1CC1. The van der Waals surface area contributed by atoms with Crippen molar-refractivity contribution in [3.8, 4) is 0 Å². The third-order valence-electron chi connectivity index (χ3n) is 3.15. The standard InChI is InChI=1S/C11H18N2O2/c1-7-4-9(7)11(15)13-6-10(14)12-5-8-2-3-8/h7-9H,2-6H2,1H3,(H,12,14)(H,13,15)/t7-,9+/m0/s1. The van der Waals surface area contributed by atoms with Gasteiger partial charge in [0, 0.05) is 12.5 Å². The Morgan fingerprint density at radius 3 is 2.47 bits per heavy atom. The zero-order chi connectivity index (χ0) is 10.8. The first kappa shape index (κ1) is 10.5. The molecule has 4 nitrogen and oxygen atoms in total. The Labute approximate surface area is 89.8 Å². The Morgan fingerprint density at radius 1 is 1.27 bits per heavy atom. The highest BCUT2D eigenvalue weighted by atomic mass is 16.2. The molecule has 4 heteroatoms. The van der Waals surface area contributed by atoms with Crippen LogP contribution in [-0.4, -0.2) is 24.9 Å². The van der Waals surface area contributed by atoms with Crippen LogP contribution in [0.3, 0.4) is 0 Å². The summed E-state index contributed by atoms with van der Waals surface area (Å²) >= 11 is 0. The van der Waals surface area contributed by atoms with Gasteiger partial charge >= 0.3 is 0 Å². The van der Waals surface area contributed by atoms with Crippen molar-refractivity contribution in [2.75, 3.05) is 13.1 Å². The average Bonchev–Trinajstić information content (AvgIpc) is 3.07. The monoisotopic (exact) mass is 210 g/mol. The molecule has 84 valence electrons. The molecule has 2 aliphatic carbocycles. The molecule has 0 aromatic carbocycles. The molecule has 0 saturated heterocycles. The lowest BCUT2D eigenvalue weighted by molar-refractivity contribution is -0.127. The van der Waals surface area contributed by atoms with Crippen molar-refractivity contribution in [2.24, 2.45) is 17.8 Å². The van der Waals surface area contributed by atoms with Gasteiger partial charge in [0.1, 0.15) is 0 Å². The van der Waals surface area contributed by atoms with E-state index in [0.717, 1.165) is 13.0 Å². The Kier molecular flexibility index (Phi) is 2.93. The molecule has 0 unspecified atom stereocenters. The molecule has 2 rings (SSSR count). The summed E-state index contributed by atoms with van der Waals surface area (Å²) in [6.07, 6.45) is 3.42. The van der Waals surface area contributed by atoms with Crippen molar-refractivity contribution in [3.05, 3.63) is 0 Å². The van der Waals surface area contributed by atoms with Crippen LogP contribution in [0.4, 0.5) is 0 Å². The average molecular weight is 210 g/mol. The Morgan fingerprint density at radius 2 is 1.93 bits per heavy atom. The van der Waals surface area contributed by atoms with Gasteiger partial charge in [0.05, 0.1) is 6.54 Å². The zero-order valence-electron chi connectivity index (χ0n) is 9.08. The molecule has 0 aliphatic heterocycles. The van der Waals surface area contributed by atoms with Crippen molar-refractivity contribution >= 4 is 11.8 Å². The van der Waals surface area contributed by atoms with Crippen molar-refractivity contribution in [1.82, 2.24) is 10.6 Å². The van der Waals surface area contributed by atoms with Gasteiger partial charge in [-0.3, -0.25) is 9.59 Å². The fourth-order valence-electron chi connectivity index (χ4n) is 1.63. The van der Waals surface area contributed by atoms with Gasteiger partial charge in [-0.2, -0.15) is 0 Å². The first-order valence-corrected chi connectivity index (χ1v) is 5.71. The number of hydrogen-bond donors (Lipinski definition) is 2. The minimum absolute atomic E-state index is 0.0315. The molecule has 0 heterocycles. The van der Waals surface area contributed by atoms with Gasteiger partial charge < -0.3 is 10.6 Å². The summed E-state index contributed by atoms with van der Waals surface area (Å²) in [6.45, 7) is 2.96. The van der Waals surface area contributed by atoms with Crippen LogP contribution >= 0.6 is 0 Å². The van der Waals surface area contributed by atoms with E-state index < -0.39 is 0 Å². The van der Waals surface area contributed by atoms with E-state index in [1.165, 1.54) is 12.8 Å². The van der Waals surface area contributed by atoms with Gasteiger partial charge in [-0.15, -0.1) is 0 Å². The summed E-state index contributed by atoms with van der Waals surface area (Å²) in [5.41, 5.74) is 0. The lowest BCUT2D eigenvalue weighted by Gasteiger charge is -2.05. The van der Waals surface area contributed by atoms with Crippen LogP contribution < -0.4 is 10.6 Å². The van der Waals surface area contributed by atoms with Gasteiger partial charge in [0.25, 0.3) is 0 Å². The zero-order valence-corrected chi connectivity index (χ0v) is 9.08. The molecule has 2 atom stereocenters. The Bertz CT molecular complexity index is 274. The van der Waals surface area contributed by atoms with E-state index in [1.54, 1.807) is 0 Å². The van der Waals surface area contributed by atoms with Crippen molar-refractivity contribution in [2.45, 2.75) is 26.2 Å². The van der Waals surface area contributed by atoms with Gasteiger partial charge in [0.15, 0.2) is 0 Å². The summed E-state index contributed by atoms with van der Waals surface area (Å²) in [6, 6.07) is 0.